The lowest BCUT2D eigenvalue weighted by molar-refractivity contribution is 0.0697. The predicted molar refractivity (Wildman–Crippen MR) is 75.1 cm³/mol. The molecule has 0 radical (unpaired) electrons. The van der Waals surface area contributed by atoms with Gasteiger partial charge in [-0.15, -0.1) is 0 Å². The third-order valence-electron chi connectivity index (χ3n) is 2.86. The van der Waals surface area contributed by atoms with Gasteiger partial charge in [0.1, 0.15) is 5.75 Å². The summed E-state index contributed by atoms with van der Waals surface area (Å²) in [5.41, 5.74) is 3.26. The molecule has 0 aromatic heterocycles. The number of carboxylic acids is 1. The molecular formula is C16H14O3. The second-order valence-corrected chi connectivity index (χ2v) is 4.30. The molecule has 0 atom stereocenters. The minimum absolute atomic E-state index is 0.237. The lowest BCUT2D eigenvalue weighted by Crippen LogP contribution is -1.95. The van der Waals surface area contributed by atoms with Crippen molar-refractivity contribution in [3.8, 4) is 5.75 Å². The average molecular weight is 254 g/mol. The topological polar surface area (TPSA) is 57.5 Å². The van der Waals surface area contributed by atoms with Crippen molar-refractivity contribution >= 4 is 17.6 Å². The van der Waals surface area contributed by atoms with Crippen molar-refractivity contribution < 1.29 is 15.0 Å². The molecule has 3 nitrogen and oxygen atoms in total. The maximum absolute atomic E-state index is 10.8. The highest BCUT2D eigenvalue weighted by Crippen LogP contribution is 2.19. The second kappa shape index (κ2) is 5.40. The summed E-state index contributed by atoms with van der Waals surface area (Å²) in [5.74, 6) is -0.688. The fourth-order valence-electron chi connectivity index (χ4n) is 1.78. The Morgan fingerprint density at radius 2 is 1.47 bits per heavy atom. The Kier molecular flexibility index (Phi) is 3.66. The third-order valence-corrected chi connectivity index (χ3v) is 2.86. The van der Waals surface area contributed by atoms with Crippen LogP contribution in [-0.2, 0) is 0 Å². The van der Waals surface area contributed by atoms with E-state index in [1.165, 1.54) is 0 Å². The monoisotopic (exact) mass is 254 g/mol. The van der Waals surface area contributed by atoms with Gasteiger partial charge in [0.05, 0.1) is 5.56 Å². The minimum Gasteiger partial charge on any atom is -0.508 e. The van der Waals surface area contributed by atoms with Crippen LogP contribution in [0, 0.1) is 0 Å². The number of aromatic carboxylic acids is 1. The lowest BCUT2D eigenvalue weighted by Gasteiger charge is -2.03. The van der Waals surface area contributed by atoms with Crippen molar-refractivity contribution in [2.45, 2.75) is 6.92 Å². The molecule has 0 aliphatic rings. The number of allylic oxidation sites excluding steroid dienone is 1. The smallest absolute Gasteiger partial charge is 0.335 e. The molecule has 2 rings (SSSR count). The zero-order chi connectivity index (χ0) is 13.8. The minimum atomic E-state index is -0.924. The maximum Gasteiger partial charge on any atom is 0.335 e. The molecule has 0 saturated carbocycles. The molecule has 0 unspecified atom stereocenters. The summed E-state index contributed by atoms with van der Waals surface area (Å²) in [6.07, 6.45) is 1.98. The van der Waals surface area contributed by atoms with Gasteiger partial charge >= 0.3 is 5.97 Å². The number of phenolic OH excluding ortho intramolecular Hbond substituents is 1. The fraction of sp³-hybridized carbons (Fsp3) is 0.0625. The van der Waals surface area contributed by atoms with Crippen LogP contribution in [0.4, 0.5) is 0 Å². The van der Waals surface area contributed by atoms with Crippen LogP contribution in [0.25, 0.3) is 11.6 Å². The summed E-state index contributed by atoms with van der Waals surface area (Å²) in [4.78, 5) is 10.8. The number of hydrogen-bond donors (Lipinski definition) is 2. The zero-order valence-corrected chi connectivity index (χ0v) is 10.5. The maximum atomic E-state index is 10.8. The number of carboxylic acid groups (broad SMARTS) is 1. The van der Waals surface area contributed by atoms with Gasteiger partial charge < -0.3 is 10.2 Å². The lowest BCUT2D eigenvalue weighted by atomic mass is 10.0. The van der Waals surface area contributed by atoms with Gasteiger partial charge in [-0.25, -0.2) is 4.79 Å². The van der Waals surface area contributed by atoms with E-state index in [2.05, 4.69) is 0 Å². The van der Waals surface area contributed by atoms with Crippen LogP contribution in [0.5, 0.6) is 5.75 Å². The Morgan fingerprint density at radius 3 is 2.00 bits per heavy atom. The van der Waals surface area contributed by atoms with Gasteiger partial charge in [0.15, 0.2) is 0 Å². The Hall–Kier alpha value is -2.55. The molecule has 2 N–H and O–H groups in total. The molecule has 19 heavy (non-hydrogen) atoms. The molecule has 0 saturated heterocycles. The van der Waals surface area contributed by atoms with Gasteiger partial charge in [-0.2, -0.15) is 0 Å². The summed E-state index contributed by atoms with van der Waals surface area (Å²) < 4.78 is 0. The van der Waals surface area contributed by atoms with Crippen LogP contribution < -0.4 is 0 Å². The summed E-state index contributed by atoms with van der Waals surface area (Å²) in [6, 6.07) is 13.7. The first-order chi connectivity index (χ1) is 9.06. The van der Waals surface area contributed by atoms with E-state index in [1.54, 1.807) is 36.4 Å². The van der Waals surface area contributed by atoms with Gasteiger partial charge in [0.2, 0.25) is 0 Å². The van der Waals surface area contributed by atoms with Crippen LogP contribution in [0.1, 0.15) is 28.4 Å². The van der Waals surface area contributed by atoms with Crippen molar-refractivity contribution in [3.05, 3.63) is 65.2 Å². The van der Waals surface area contributed by atoms with Gasteiger partial charge in [0.25, 0.3) is 0 Å². The SMILES string of the molecule is CC(=Cc1ccc(O)cc1)c1ccc(C(=O)O)cc1. The first-order valence-electron chi connectivity index (χ1n) is 5.87. The van der Waals surface area contributed by atoms with Crippen LogP contribution >= 0.6 is 0 Å². The molecule has 2 aromatic rings. The number of rotatable bonds is 3. The number of benzene rings is 2. The van der Waals surface area contributed by atoms with Crippen molar-refractivity contribution in [2.24, 2.45) is 0 Å². The van der Waals surface area contributed by atoms with E-state index in [9.17, 15) is 9.90 Å². The van der Waals surface area contributed by atoms with E-state index >= 15 is 0 Å². The average Bonchev–Trinajstić information content (AvgIpc) is 2.41. The van der Waals surface area contributed by atoms with Gasteiger partial charge in [-0.3, -0.25) is 0 Å². The van der Waals surface area contributed by atoms with Crippen LogP contribution in [0.2, 0.25) is 0 Å². The molecule has 96 valence electrons. The van der Waals surface area contributed by atoms with E-state index in [1.807, 2.05) is 25.1 Å². The molecule has 2 aromatic carbocycles. The normalized spacial score (nSPS) is 11.3. The van der Waals surface area contributed by atoms with Crippen molar-refractivity contribution in [2.75, 3.05) is 0 Å². The Morgan fingerprint density at radius 1 is 0.947 bits per heavy atom. The van der Waals surface area contributed by atoms with Crippen molar-refractivity contribution in [3.63, 3.8) is 0 Å². The Balaban J connectivity index is 2.25. The van der Waals surface area contributed by atoms with Gasteiger partial charge in [0, 0.05) is 0 Å². The Bertz CT molecular complexity index is 607. The van der Waals surface area contributed by atoms with Crippen LogP contribution in [0.3, 0.4) is 0 Å². The van der Waals surface area contributed by atoms with E-state index in [0.29, 0.717) is 0 Å². The Labute approximate surface area is 111 Å². The summed E-state index contributed by atoms with van der Waals surface area (Å²) in [5, 5.41) is 18.1. The van der Waals surface area contributed by atoms with Crippen LogP contribution in [0.15, 0.2) is 48.5 Å². The summed E-state index contributed by atoms with van der Waals surface area (Å²) >= 11 is 0. The third kappa shape index (κ3) is 3.22. The van der Waals surface area contributed by atoms with Gasteiger partial charge in [-0.1, -0.05) is 30.3 Å². The molecule has 0 bridgehead atoms. The fourth-order valence-corrected chi connectivity index (χ4v) is 1.78. The highest BCUT2D eigenvalue weighted by Gasteiger charge is 2.02. The molecule has 0 aliphatic carbocycles. The highest BCUT2D eigenvalue weighted by atomic mass is 16.4. The van der Waals surface area contributed by atoms with Crippen molar-refractivity contribution in [1.29, 1.82) is 0 Å². The summed E-state index contributed by atoms with van der Waals surface area (Å²) in [6.45, 7) is 1.96. The van der Waals surface area contributed by atoms with E-state index in [0.717, 1.165) is 16.7 Å². The highest BCUT2D eigenvalue weighted by molar-refractivity contribution is 5.88. The zero-order valence-electron chi connectivity index (χ0n) is 10.5. The second-order valence-electron chi connectivity index (χ2n) is 4.30. The molecule has 0 spiro atoms. The van der Waals surface area contributed by atoms with E-state index < -0.39 is 5.97 Å². The quantitative estimate of drug-likeness (QED) is 0.822. The molecule has 0 heterocycles. The number of carbonyl (C=O) groups is 1. The standard InChI is InChI=1S/C16H14O3/c1-11(10-12-2-8-15(17)9-3-12)13-4-6-14(7-5-13)16(18)19/h2-10,17H,1H3,(H,18,19). The largest absolute Gasteiger partial charge is 0.508 e. The molecule has 0 amide bonds. The molecule has 0 fully saturated rings. The number of hydrogen-bond acceptors (Lipinski definition) is 2. The number of phenols is 1. The van der Waals surface area contributed by atoms with Crippen molar-refractivity contribution in [1.82, 2.24) is 0 Å². The predicted octanol–water partition coefficient (Wildman–Crippen LogP) is 3.65. The first kappa shape index (κ1) is 12.9. The van der Waals surface area contributed by atoms with E-state index in [-0.39, 0.29) is 11.3 Å². The number of aromatic hydroxyl groups is 1. The summed E-state index contributed by atoms with van der Waals surface area (Å²) in [7, 11) is 0. The van der Waals surface area contributed by atoms with Crippen LogP contribution in [-0.4, -0.2) is 16.2 Å². The first-order valence-corrected chi connectivity index (χ1v) is 5.87. The molecular weight excluding hydrogens is 240 g/mol. The molecule has 0 aliphatic heterocycles. The van der Waals surface area contributed by atoms with E-state index in [4.69, 9.17) is 5.11 Å². The van der Waals surface area contributed by atoms with Gasteiger partial charge in [-0.05, 0) is 47.9 Å². The molecule has 3 heteroatoms.